The average Bonchev–Trinajstić information content (AvgIpc) is 3.02. The number of aromatic nitrogens is 2. The molecule has 2 aromatic rings. The summed E-state index contributed by atoms with van der Waals surface area (Å²) in [6, 6.07) is 3.58. The number of likely N-dealkylation sites (tertiary alicyclic amines) is 1. The van der Waals surface area contributed by atoms with Crippen LogP contribution in [0.2, 0.25) is 0 Å². The average molecular weight is 315 g/mol. The normalized spacial score (nSPS) is 18.9. The SMILES string of the molecule is NC(=O)[C@H]1CCCN(CCNC(=O)c2ccc3nccn3c2)C1. The van der Waals surface area contributed by atoms with Crippen LogP contribution in [0.25, 0.3) is 5.65 Å². The van der Waals surface area contributed by atoms with E-state index in [0.29, 0.717) is 18.7 Å². The van der Waals surface area contributed by atoms with Gasteiger partial charge < -0.3 is 20.4 Å². The predicted octanol–water partition coefficient (Wildman–Crippen LogP) is 0.261. The largest absolute Gasteiger partial charge is 0.369 e. The molecule has 0 spiro atoms. The van der Waals surface area contributed by atoms with Gasteiger partial charge in [-0.05, 0) is 31.5 Å². The van der Waals surface area contributed by atoms with Crippen LogP contribution < -0.4 is 11.1 Å². The van der Waals surface area contributed by atoms with Crippen LogP contribution in [-0.4, -0.2) is 52.3 Å². The number of amides is 2. The zero-order valence-corrected chi connectivity index (χ0v) is 12.9. The molecule has 1 fully saturated rings. The molecule has 3 N–H and O–H groups in total. The minimum atomic E-state index is -0.229. The molecule has 3 heterocycles. The van der Waals surface area contributed by atoms with Crippen molar-refractivity contribution in [2.24, 2.45) is 11.7 Å². The Morgan fingerprint density at radius 2 is 2.26 bits per heavy atom. The molecule has 2 amide bonds. The van der Waals surface area contributed by atoms with E-state index in [1.165, 1.54) is 0 Å². The number of nitrogens with zero attached hydrogens (tertiary/aromatic N) is 3. The predicted molar refractivity (Wildman–Crippen MR) is 85.9 cm³/mol. The van der Waals surface area contributed by atoms with Gasteiger partial charge in [0.25, 0.3) is 5.91 Å². The quantitative estimate of drug-likeness (QED) is 0.828. The van der Waals surface area contributed by atoms with Gasteiger partial charge in [-0.25, -0.2) is 4.98 Å². The maximum atomic E-state index is 12.2. The van der Waals surface area contributed by atoms with Crippen molar-refractivity contribution in [3.8, 4) is 0 Å². The zero-order chi connectivity index (χ0) is 16.2. The maximum Gasteiger partial charge on any atom is 0.252 e. The summed E-state index contributed by atoms with van der Waals surface area (Å²) >= 11 is 0. The van der Waals surface area contributed by atoms with Crippen LogP contribution in [0.5, 0.6) is 0 Å². The molecular formula is C16H21N5O2. The molecule has 0 saturated carbocycles. The molecule has 23 heavy (non-hydrogen) atoms. The number of rotatable bonds is 5. The van der Waals surface area contributed by atoms with Crippen molar-refractivity contribution in [3.63, 3.8) is 0 Å². The Morgan fingerprint density at radius 1 is 1.39 bits per heavy atom. The van der Waals surface area contributed by atoms with Gasteiger partial charge in [0.15, 0.2) is 0 Å². The lowest BCUT2D eigenvalue weighted by Crippen LogP contribution is -2.44. The molecule has 122 valence electrons. The number of fused-ring (bicyclic) bond motifs is 1. The van der Waals surface area contributed by atoms with E-state index in [1.807, 2.05) is 16.7 Å². The minimum absolute atomic E-state index is 0.0666. The molecule has 7 heteroatoms. The van der Waals surface area contributed by atoms with Crippen LogP contribution in [0, 0.1) is 5.92 Å². The molecule has 3 rings (SSSR count). The molecule has 2 aromatic heterocycles. The van der Waals surface area contributed by atoms with Gasteiger partial charge in [0.1, 0.15) is 5.65 Å². The highest BCUT2D eigenvalue weighted by molar-refractivity contribution is 5.94. The number of piperidine rings is 1. The lowest BCUT2D eigenvalue weighted by atomic mass is 9.97. The molecule has 0 aromatic carbocycles. The molecule has 1 aliphatic rings. The number of carbonyl (C=O) groups excluding carboxylic acids is 2. The fourth-order valence-corrected chi connectivity index (χ4v) is 2.97. The van der Waals surface area contributed by atoms with Crippen molar-refractivity contribution in [2.75, 3.05) is 26.2 Å². The molecule has 7 nitrogen and oxygen atoms in total. The third-order valence-electron chi connectivity index (χ3n) is 4.27. The van der Waals surface area contributed by atoms with Gasteiger partial charge in [0.05, 0.1) is 11.5 Å². The molecule has 1 aliphatic heterocycles. The first-order valence-electron chi connectivity index (χ1n) is 7.86. The number of primary amides is 1. The van der Waals surface area contributed by atoms with Crippen molar-refractivity contribution in [3.05, 3.63) is 36.3 Å². The zero-order valence-electron chi connectivity index (χ0n) is 12.9. The first-order chi connectivity index (χ1) is 11.1. The standard InChI is InChI=1S/C16H21N5O2/c17-15(22)12-2-1-7-20(10-12)8-5-19-16(23)13-3-4-14-18-6-9-21(14)11-13/h3-4,6,9,11-12H,1-2,5,7-8,10H2,(H2,17,22)(H,19,23)/t12-/m0/s1. The van der Waals surface area contributed by atoms with Gasteiger partial charge in [-0.2, -0.15) is 0 Å². The highest BCUT2D eigenvalue weighted by Crippen LogP contribution is 2.15. The van der Waals surface area contributed by atoms with E-state index in [-0.39, 0.29) is 17.7 Å². The van der Waals surface area contributed by atoms with E-state index >= 15 is 0 Å². The van der Waals surface area contributed by atoms with Crippen LogP contribution in [0.1, 0.15) is 23.2 Å². The lowest BCUT2D eigenvalue weighted by molar-refractivity contribution is -0.123. The second-order valence-corrected chi connectivity index (χ2v) is 5.91. The summed E-state index contributed by atoms with van der Waals surface area (Å²) in [5.74, 6) is -0.403. The Kier molecular flexibility index (Phi) is 4.57. The monoisotopic (exact) mass is 315 g/mol. The van der Waals surface area contributed by atoms with Gasteiger partial charge in [0, 0.05) is 38.2 Å². The Balaban J connectivity index is 1.50. The Bertz CT molecular complexity index is 711. The fourth-order valence-electron chi connectivity index (χ4n) is 2.97. The van der Waals surface area contributed by atoms with Gasteiger partial charge in [-0.3, -0.25) is 9.59 Å². The maximum absolute atomic E-state index is 12.2. The molecule has 0 unspecified atom stereocenters. The number of hydrogen-bond donors (Lipinski definition) is 2. The van der Waals surface area contributed by atoms with E-state index in [9.17, 15) is 9.59 Å². The summed E-state index contributed by atoms with van der Waals surface area (Å²) in [5, 5.41) is 2.92. The number of nitrogens with one attached hydrogen (secondary N) is 1. The van der Waals surface area contributed by atoms with E-state index in [4.69, 9.17) is 5.73 Å². The van der Waals surface area contributed by atoms with Gasteiger partial charge in [0.2, 0.25) is 5.91 Å². The second kappa shape index (κ2) is 6.78. The number of carbonyl (C=O) groups is 2. The highest BCUT2D eigenvalue weighted by Gasteiger charge is 2.23. The van der Waals surface area contributed by atoms with Gasteiger partial charge in [-0.15, -0.1) is 0 Å². The van der Waals surface area contributed by atoms with Crippen LogP contribution in [0.15, 0.2) is 30.7 Å². The van der Waals surface area contributed by atoms with E-state index < -0.39 is 0 Å². The number of nitrogens with two attached hydrogens (primary N) is 1. The smallest absolute Gasteiger partial charge is 0.252 e. The van der Waals surface area contributed by atoms with Crippen molar-refractivity contribution in [1.82, 2.24) is 19.6 Å². The highest BCUT2D eigenvalue weighted by atomic mass is 16.2. The summed E-state index contributed by atoms with van der Waals surface area (Å²) in [7, 11) is 0. The number of hydrogen-bond acceptors (Lipinski definition) is 4. The van der Waals surface area contributed by atoms with Crippen molar-refractivity contribution < 1.29 is 9.59 Å². The molecule has 1 saturated heterocycles. The molecule has 0 aliphatic carbocycles. The molecule has 0 bridgehead atoms. The van der Waals surface area contributed by atoms with Crippen molar-refractivity contribution in [1.29, 1.82) is 0 Å². The van der Waals surface area contributed by atoms with Crippen molar-refractivity contribution >= 4 is 17.5 Å². The first-order valence-corrected chi connectivity index (χ1v) is 7.86. The van der Waals surface area contributed by atoms with Gasteiger partial charge in [-0.1, -0.05) is 0 Å². The topological polar surface area (TPSA) is 92.7 Å². The second-order valence-electron chi connectivity index (χ2n) is 5.91. The number of pyridine rings is 1. The fraction of sp³-hybridized carbons (Fsp3) is 0.438. The Morgan fingerprint density at radius 3 is 3.09 bits per heavy atom. The van der Waals surface area contributed by atoms with Crippen LogP contribution in [-0.2, 0) is 4.79 Å². The third-order valence-corrected chi connectivity index (χ3v) is 4.27. The van der Waals surface area contributed by atoms with E-state index in [1.54, 1.807) is 18.5 Å². The lowest BCUT2D eigenvalue weighted by Gasteiger charge is -2.31. The number of imidazole rings is 1. The third kappa shape index (κ3) is 3.68. The molecule has 0 radical (unpaired) electrons. The summed E-state index contributed by atoms with van der Waals surface area (Å²) in [5.41, 5.74) is 6.79. The summed E-state index contributed by atoms with van der Waals surface area (Å²) in [4.78, 5) is 29.8. The van der Waals surface area contributed by atoms with Crippen molar-refractivity contribution in [2.45, 2.75) is 12.8 Å². The molecular weight excluding hydrogens is 294 g/mol. The van der Waals surface area contributed by atoms with E-state index in [2.05, 4.69) is 15.2 Å². The summed E-state index contributed by atoms with van der Waals surface area (Å²) < 4.78 is 1.82. The summed E-state index contributed by atoms with van der Waals surface area (Å²) in [6.07, 6.45) is 7.11. The van der Waals surface area contributed by atoms with E-state index in [0.717, 1.165) is 31.6 Å². The summed E-state index contributed by atoms with van der Waals surface area (Å²) in [6.45, 7) is 2.90. The first kappa shape index (κ1) is 15.5. The minimum Gasteiger partial charge on any atom is -0.369 e. The molecule has 1 atom stereocenters. The van der Waals surface area contributed by atoms with Crippen LogP contribution >= 0.6 is 0 Å². The Hall–Kier alpha value is -2.41. The Labute approximate surface area is 134 Å². The van der Waals surface area contributed by atoms with Gasteiger partial charge >= 0.3 is 0 Å². The van der Waals surface area contributed by atoms with Crippen LogP contribution in [0.4, 0.5) is 0 Å². The van der Waals surface area contributed by atoms with Crippen LogP contribution in [0.3, 0.4) is 0 Å².